The van der Waals surface area contributed by atoms with Gasteiger partial charge in [0.05, 0.1) is 17.2 Å². The zero-order chi connectivity index (χ0) is 17.2. The molecule has 1 amide bonds. The summed E-state index contributed by atoms with van der Waals surface area (Å²) in [7, 11) is 2.12. The number of amides is 1. The van der Waals surface area contributed by atoms with Gasteiger partial charge in [-0.15, -0.1) is 0 Å². The van der Waals surface area contributed by atoms with Crippen molar-refractivity contribution in [3.05, 3.63) is 42.6 Å². The molecule has 0 spiro atoms. The predicted octanol–water partition coefficient (Wildman–Crippen LogP) is 4.16. The Labute approximate surface area is 152 Å². The third-order valence-corrected chi connectivity index (χ3v) is 5.74. The number of anilines is 2. The molecule has 1 aromatic carbocycles. The van der Waals surface area contributed by atoms with E-state index in [0.29, 0.717) is 18.3 Å². The van der Waals surface area contributed by atoms with E-state index >= 15 is 0 Å². The second-order valence-corrected chi connectivity index (χ2v) is 7.66. The van der Waals surface area contributed by atoms with Crippen LogP contribution in [0.2, 0.25) is 0 Å². The Morgan fingerprint density at radius 2 is 2.12 bits per heavy atom. The van der Waals surface area contributed by atoms with Gasteiger partial charge in [-0.2, -0.15) is 0 Å². The van der Waals surface area contributed by atoms with Gasteiger partial charge >= 0.3 is 6.09 Å². The smallest absolute Gasteiger partial charge is 0.420 e. The van der Waals surface area contributed by atoms with Gasteiger partial charge in [0, 0.05) is 23.6 Å². The van der Waals surface area contributed by atoms with Crippen LogP contribution in [0, 0.1) is 5.92 Å². The SMILES string of the molecule is CN1CCCC(COC(=O)N2c3ccccc3Sc3cccnc32)C1. The van der Waals surface area contributed by atoms with Crippen LogP contribution in [0.5, 0.6) is 0 Å². The molecule has 2 aromatic rings. The highest BCUT2D eigenvalue weighted by Crippen LogP contribution is 2.47. The molecule has 0 radical (unpaired) electrons. The van der Waals surface area contributed by atoms with E-state index in [2.05, 4.69) is 16.9 Å². The molecule has 0 N–H and O–H groups in total. The number of ether oxygens (including phenoxy) is 1. The molecule has 0 saturated carbocycles. The Kier molecular flexibility index (Phi) is 4.63. The molecule has 2 aliphatic rings. The van der Waals surface area contributed by atoms with Gasteiger partial charge in [0.25, 0.3) is 0 Å². The molecule has 0 aliphatic carbocycles. The molecule has 25 heavy (non-hydrogen) atoms. The number of carbonyl (C=O) groups is 1. The van der Waals surface area contributed by atoms with E-state index in [1.165, 1.54) is 0 Å². The van der Waals surface area contributed by atoms with Gasteiger partial charge in [-0.1, -0.05) is 23.9 Å². The second-order valence-electron chi connectivity index (χ2n) is 6.58. The third-order valence-electron chi connectivity index (χ3n) is 4.64. The van der Waals surface area contributed by atoms with Gasteiger partial charge < -0.3 is 9.64 Å². The largest absolute Gasteiger partial charge is 0.449 e. The van der Waals surface area contributed by atoms with Crippen LogP contribution >= 0.6 is 11.8 Å². The molecule has 0 bridgehead atoms. The van der Waals surface area contributed by atoms with E-state index in [1.807, 2.05) is 36.4 Å². The standard InChI is InChI=1S/C19H21N3O2S/c1-21-11-5-6-14(12-21)13-24-19(23)22-15-7-2-3-8-16(15)25-17-9-4-10-20-18(17)22/h2-4,7-10,14H,5-6,11-13H2,1H3. The van der Waals surface area contributed by atoms with Crippen molar-refractivity contribution < 1.29 is 9.53 Å². The topological polar surface area (TPSA) is 45.7 Å². The number of benzene rings is 1. The maximum Gasteiger partial charge on any atom is 0.420 e. The first-order valence-electron chi connectivity index (χ1n) is 8.59. The fourth-order valence-corrected chi connectivity index (χ4v) is 4.47. The molecule has 130 valence electrons. The minimum Gasteiger partial charge on any atom is -0.449 e. The molecule has 1 atom stereocenters. The first-order chi connectivity index (χ1) is 12.2. The third kappa shape index (κ3) is 3.37. The molecule has 2 aliphatic heterocycles. The number of rotatable bonds is 2. The van der Waals surface area contributed by atoms with Crippen molar-refractivity contribution >= 4 is 29.4 Å². The average Bonchev–Trinajstić information content (AvgIpc) is 2.64. The van der Waals surface area contributed by atoms with Crippen molar-refractivity contribution in [3.8, 4) is 0 Å². The molecule has 4 rings (SSSR count). The minimum absolute atomic E-state index is 0.346. The zero-order valence-electron chi connectivity index (χ0n) is 14.2. The average molecular weight is 355 g/mol. The number of carbonyl (C=O) groups excluding carboxylic acids is 1. The van der Waals surface area contributed by atoms with E-state index < -0.39 is 0 Å². The van der Waals surface area contributed by atoms with Crippen molar-refractivity contribution in [1.29, 1.82) is 0 Å². The van der Waals surface area contributed by atoms with Crippen LogP contribution in [-0.2, 0) is 4.74 Å². The molecule has 3 heterocycles. The molecular weight excluding hydrogens is 334 g/mol. The summed E-state index contributed by atoms with van der Waals surface area (Å²) < 4.78 is 5.69. The number of nitrogens with zero attached hydrogens (tertiary/aromatic N) is 3. The highest BCUT2D eigenvalue weighted by molar-refractivity contribution is 7.99. The Morgan fingerprint density at radius 1 is 1.28 bits per heavy atom. The van der Waals surface area contributed by atoms with E-state index in [9.17, 15) is 4.79 Å². The lowest BCUT2D eigenvalue weighted by molar-refractivity contribution is 0.104. The zero-order valence-corrected chi connectivity index (χ0v) is 15.0. The highest BCUT2D eigenvalue weighted by atomic mass is 32.2. The maximum atomic E-state index is 12.9. The number of likely N-dealkylation sites (tertiary alicyclic amines) is 1. The van der Waals surface area contributed by atoms with Crippen molar-refractivity contribution in [2.24, 2.45) is 5.92 Å². The van der Waals surface area contributed by atoms with Crippen LogP contribution in [0.3, 0.4) is 0 Å². The Morgan fingerprint density at radius 3 is 3.00 bits per heavy atom. The van der Waals surface area contributed by atoms with Crippen LogP contribution < -0.4 is 4.90 Å². The molecule has 1 unspecified atom stereocenters. The van der Waals surface area contributed by atoms with Crippen LogP contribution in [0.1, 0.15) is 12.8 Å². The maximum absolute atomic E-state index is 12.9. The Balaban J connectivity index is 1.55. The van der Waals surface area contributed by atoms with E-state index in [1.54, 1.807) is 22.9 Å². The fraction of sp³-hybridized carbons (Fsp3) is 0.368. The summed E-state index contributed by atoms with van der Waals surface area (Å²) in [5.41, 5.74) is 0.837. The number of fused-ring (bicyclic) bond motifs is 2. The fourth-order valence-electron chi connectivity index (χ4n) is 3.44. The summed E-state index contributed by atoms with van der Waals surface area (Å²) in [6.07, 6.45) is 3.63. The minimum atomic E-state index is -0.346. The molecule has 6 heteroatoms. The quantitative estimate of drug-likeness (QED) is 0.809. The molecule has 1 aromatic heterocycles. The van der Waals surface area contributed by atoms with Crippen molar-refractivity contribution in [1.82, 2.24) is 9.88 Å². The molecular formula is C19H21N3O2S. The lowest BCUT2D eigenvalue weighted by Gasteiger charge is -2.31. The summed E-state index contributed by atoms with van der Waals surface area (Å²) in [5, 5.41) is 0. The van der Waals surface area contributed by atoms with Crippen molar-refractivity contribution in [3.63, 3.8) is 0 Å². The lowest BCUT2D eigenvalue weighted by atomic mass is 10.00. The van der Waals surface area contributed by atoms with E-state index in [0.717, 1.165) is 41.4 Å². The van der Waals surface area contributed by atoms with Gasteiger partial charge in [-0.3, -0.25) is 0 Å². The van der Waals surface area contributed by atoms with Crippen molar-refractivity contribution in [2.75, 3.05) is 31.6 Å². The highest BCUT2D eigenvalue weighted by Gasteiger charge is 2.31. The second kappa shape index (κ2) is 7.06. The number of hydrogen-bond acceptors (Lipinski definition) is 5. The van der Waals surface area contributed by atoms with Gasteiger partial charge in [0.15, 0.2) is 5.82 Å². The number of piperidine rings is 1. The number of para-hydroxylation sites is 1. The van der Waals surface area contributed by atoms with Gasteiger partial charge in [-0.05, 0) is 50.7 Å². The predicted molar refractivity (Wildman–Crippen MR) is 98.5 cm³/mol. The molecule has 5 nitrogen and oxygen atoms in total. The van der Waals surface area contributed by atoms with Crippen LogP contribution in [0.4, 0.5) is 16.3 Å². The summed E-state index contributed by atoms with van der Waals surface area (Å²) in [6, 6.07) is 11.8. The van der Waals surface area contributed by atoms with E-state index in [4.69, 9.17) is 4.74 Å². The molecule has 1 saturated heterocycles. The summed E-state index contributed by atoms with van der Waals surface area (Å²) in [5.74, 6) is 1.05. The van der Waals surface area contributed by atoms with Gasteiger partial charge in [-0.25, -0.2) is 14.7 Å². The monoisotopic (exact) mass is 355 g/mol. The van der Waals surface area contributed by atoms with Crippen LogP contribution in [-0.4, -0.2) is 42.7 Å². The van der Waals surface area contributed by atoms with Gasteiger partial charge in [0.2, 0.25) is 0 Å². The lowest BCUT2D eigenvalue weighted by Crippen LogP contribution is -2.36. The van der Waals surface area contributed by atoms with Crippen molar-refractivity contribution in [2.45, 2.75) is 22.6 Å². The summed E-state index contributed by atoms with van der Waals surface area (Å²) in [4.78, 5) is 23.2. The van der Waals surface area contributed by atoms with Crippen LogP contribution in [0.25, 0.3) is 0 Å². The molecule has 1 fully saturated rings. The first-order valence-corrected chi connectivity index (χ1v) is 9.41. The number of hydrogen-bond donors (Lipinski definition) is 0. The normalized spacial score (nSPS) is 19.9. The Bertz CT molecular complexity index is 737. The number of pyridine rings is 1. The van der Waals surface area contributed by atoms with Gasteiger partial charge in [0.1, 0.15) is 0 Å². The first kappa shape index (κ1) is 16.4. The van der Waals surface area contributed by atoms with E-state index in [-0.39, 0.29) is 6.09 Å². The van der Waals surface area contributed by atoms with Crippen LogP contribution in [0.15, 0.2) is 52.4 Å². The summed E-state index contributed by atoms with van der Waals surface area (Å²) in [6.45, 7) is 2.56. The summed E-state index contributed by atoms with van der Waals surface area (Å²) >= 11 is 1.63. The number of aromatic nitrogens is 1. The Hall–Kier alpha value is -2.05.